The first kappa shape index (κ1) is 22.6. The molecule has 0 spiro atoms. The van der Waals surface area contributed by atoms with E-state index < -0.39 is 9.84 Å². The predicted molar refractivity (Wildman–Crippen MR) is 128 cm³/mol. The third-order valence-corrected chi connectivity index (χ3v) is 6.93. The molecule has 7 heteroatoms. The average molecular weight is 463 g/mol. The molecule has 170 valence electrons. The lowest BCUT2D eigenvalue weighted by atomic mass is 10.2. The number of para-hydroxylation sites is 1. The quantitative estimate of drug-likeness (QED) is 0.387. The molecular weight excluding hydrogens is 436 g/mol. The van der Waals surface area contributed by atoms with E-state index in [1.54, 1.807) is 54.6 Å². The van der Waals surface area contributed by atoms with Crippen LogP contribution in [0.1, 0.15) is 29.9 Å². The second kappa shape index (κ2) is 9.50. The van der Waals surface area contributed by atoms with Gasteiger partial charge in [0.15, 0.2) is 0 Å². The van der Waals surface area contributed by atoms with Gasteiger partial charge in [-0.3, -0.25) is 4.79 Å². The summed E-state index contributed by atoms with van der Waals surface area (Å²) in [7, 11) is -3.68. The van der Waals surface area contributed by atoms with Crippen molar-refractivity contribution in [1.82, 2.24) is 10.3 Å². The van der Waals surface area contributed by atoms with Crippen LogP contribution < -0.4 is 10.1 Å². The molecule has 0 saturated heterocycles. The summed E-state index contributed by atoms with van der Waals surface area (Å²) in [6.45, 7) is 4.87. The van der Waals surface area contributed by atoms with Crippen LogP contribution >= 0.6 is 0 Å². The molecule has 1 heterocycles. The Labute approximate surface area is 193 Å². The predicted octanol–water partition coefficient (Wildman–Crippen LogP) is 4.97. The molecule has 0 aliphatic carbocycles. The van der Waals surface area contributed by atoms with Crippen LogP contribution in [0.5, 0.6) is 5.75 Å². The fourth-order valence-corrected chi connectivity index (χ4v) is 4.69. The van der Waals surface area contributed by atoms with E-state index in [4.69, 9.17) is 4.74 Å². The van der Waals surface area contributed by atoms with Crippen molar-refractivity contribution in [3.8, 4) is 5.75 Å². The van der Waals surface area contributed by atoms with Crippen LogP contribution in [0.3, 0.4) is 0 Å². The van der Waals surface area contributed by atoms with Gasteiger partial charge in [-0.25, -0.2) is 8.42 Å². The van der Waals surface area contributed by atoms with Crippen molar-refractivity contribution in [3.63, 3.8) is 0 Å². The summed E-state index contributed by atoms with van der Waals surface area (Å²) in [6.07, 6.45) is 0. The van der Waals surface area contributed by atoms with E-state index in [9.17, 15) is 13.2 Å². The van der Waals surface area contributed by atoms with E-state index >= 15 is 0 Å². The molecular formula is C26H26N2O4S. The molecule has 6 nitrogen and oxygen atoms in total. The molecule has 33 heavy (non-hydrogen) atoms. The Bertz CT molecular complexity index is 1340. The van der Waals surface area contributed by atoms with Gasteiger partial charge in [0.05, 0.1) is 16.4 Å². The monoisotopic (exact) mass is 462 g/mol. The van der Waals surface area contributed by atoms with Crippen molar-refractivity contribution < 1.29 is 17.9 Å². The number of hydrogen-bond acceptors (Lipinski definition) is 4. The van der Waals surface area contributed by atoms with Crippen LogP contribution in [-0.4, -0.2) is 25.9 Å². The number of aromatic amines is 1. The molecule has 0 saturated carbocycles. The van der Waals surface area contributed by atoms with Gasteiger partial charge >= 0.3 is 0 Å². The first-order valence-corrected chi connectivity index (χ1v) is 12.2. The fourth-order valence-electron chi connectivity index (χ4n) is 3.39. The first-order valence-electron chi connectivity index (χ1n) is 10.8. The number of ether oxygens (including phenoxy) is 1. The van der Waals surface area contributed by atoms with Crippen molar-refractivity contribution >= 4 is 26.6 Å². The molecule has 3 aromatic carbocycles. The molecule has 0 atom stereocenters. The molecule has 0 fully saturated rings. The van der Waals surface area contributed by atoms with Gasteiger partial charge in [0, 0.05) is 17.4 Å². The molecule has 4 aromatic rings. The topological polar surface area (TPSA) is 88.3 Å². The zero-order chi connectivity index (χ0) is 23.4. The minimum atomic E-state index is -3.68. The van der Waals surface area contributed by atoms with Crippen LogP contribution in [0.2, 0.25) is 0 Å². The number of nitrogens with one attached hydrogen (secondary N) is 2. The highest BCUT2D eigenvalue weighted by Gasteiger charge is 2.18. The van der Waals surface area contributed by atoms with Gasteiger partial charge in [-0.1, -0.05) is 50.2 Å². The number of rotatable bonds is 8. The zero-order valence-corrected chi connectivity index (χ0v) is 19.4. The van der Waals surface area contributed by atoms with Gasteiger partial charge in [-0.2, -0.15) is 0 Å². The lowest BCUT2D eigenvalue weighted by Gasteiger charge is -2.11. The van der Waals surface area contributed by atoms with Crippen molar-refractivity contribution in [2.75, 3.05) is 6.61 Å². The molecule has 0 bridgehead atoms. The molecule has 0 radical (unpaired) electrons. The van der Waals surface area contributed by atoms with Crippen LogP contribution in [0.4, 0.5) is 0 Å². The number of carbonyl (C=O) groups is 1. The largest absolute Gasteiger partial charge is 0.493 e. The zero-order valence-electron chi connectivity index (χ0n) is 18.5. The third-order valence-electron chi connectivity index (χ3n) is 5.16. The third kappa shape index (κ3) is 5.26. The number of hydrogen-bond donors (Lipinski definition) is 2. The summed E-state index contributed by atoms with van der Waals surface area (Å²) in [4.78, 5) is 15.9. The minimum Gasteiger partial charge on any atom is -0.493 e. The number of sulfone groups is 1. The first-order chi connectivity index (χ1) is 15.8. The Balaban J connectivity index is 1.43. The van der Waals surface area contributed by atoms with Gasteiger partial charge in [0.1, 0.15) is 11.4 Å². The van der Waals surface area contributed by atoms with Gasteiger partial charge < -0.3 is 15.0 Å². The second-order valence-electron chi connectivity index (χ2n) is 8.28. The van der Waals surface area contributed by atoms with Gasteiger partial charge in [-0.15, -0.1) is 0 Å². The van der Waals surface area contributed by atoms with E-state index in [0.717, 1.165) is 16.5 Å². The summed E-state index contributed by atoms with van der Waals surface area (Å²) in [5.74, 6) is 0.650. The van der Waals surface area contributed by atoms with Crippen molar-refractivity contribution in [3.05, 3.63) is 90.1 Å². The lowest BCUT2D eigenvalue weighted by Crippen LogP contribution is -2.23. The van der Waals surface area contributed by atoms with Gasteiger partial charge in [0.25, 0.3) is 5.91 Å². The molecule has 4 rings (SSSR count). The highest BCUT2D eigenvalue weighted by molar-refractivity contribution is 7.91. The van der Waals surface area contributed by atoms with E-state index in [1.165, 1.54) is 0 Å². The maximum absolute atomic E-state index is 13.0. The van der Waals surface area contributed by atoms with Crippen molar-refractivity contribution in [2.45, 2.75) is 30.2 Å². The Kier molecular flexibility index (Phi) is 6.51. The molecule has 0 aliphatic heterocycles. The SMILES string of the molecule is CC(C)COc1cccc(S(=O)(=O)c2ccc(CNC(=O)c3cc4ccccc4[nH]3)cc2)c1. The number of H-pyrrole nitrogens is 1. The van der Waals surface area contributed by atoms with E-state index in [-0.39, 0.29) is 22.2 Å². The molecule has 0 aliphatic rings. The Morgan fingerprint density at radius 2 is 1.70 bits per heavy atom. The minimum absolute atomic E-state index is 0.184. The Morgan fingerprint density at radius 3 is 2.42 bits per heavy atom. The maximum atomic E-state index is 13.0. The summed E-state index contributed by atoms with van der Waals surface area (Å²) >= 11 is 0. The van der Waals surface area contributed by atoms with E-state index in [2.05, 4.69) is 10.3 Å². The molecule has 2 N–H and O–H groups in total. The van der Waals surface area contributed by atoms with Crippen molar-refractivity contribution in [1.29, 1.82) is 0 Å². The summed E-state index contributed by atoms with van der Waals surface area (Å²) < 4.78 is 31.7. The standard InChI is InChI=1S/C26H26N2O4S/c1-18(2)17-32-21-7-5-8-23(15-21)33(30,31)22-12-10-19(11-13-22)16-27-26(29)25-14-20-6-3-4-9-24(20)28-25/h3-15,18,28H,16-17H2,1-2H3,(H,27,29). The van der Waals surface area contributed by atoms with Gasteiger partial charge in [-0.05, 0) is 53.9 Å². The molecule has 1 amide bonds. The van der Waals surface area contributed by atoms with Crippen LogP contribution in [0, 0.1) is 5.92 Å². The highest BCUT2D eigenvalue weighted by Crippen LogP contribution is 2.25. The van der Waals surface area contributed by atoms with E-state index in [0.29, 0.717) is 24.0 Å². The Hall–Kier alpha value is -3.58. The maximum Gasteiger partial charge on any atom is 0.267 e. The van der Waals surface area contributed by atoms with Crippen LogP contribution in [-0.2, 0) is 16.4 Å². The smallest absolute Gasteiger partial charge is 0.267 e. The number of benzene rings is 3. The number of fused-ring (bicyclic) bond motifs is 1. The van der Waals surface area contributed by atoms with Crippen LogP contribution in [0.15, 0.2) is 88.7 Å². The fraction of sp³-hybridized carbons (Fsp3) is 0.192. The highest BCUT2D eigenvalue weighted by atomic mass is 32.2. The van der Waals surface area contributed by atoms with Crippen molar-refractivity contribution in [2.24, 2.45) is 5.92 Å². The number of amides is 1. The lowest BCUT2D eigenvalue weighted by molar-refractivity contribution is 0.0946. The number of carbonyl (C=O) groups excluding carboxylic acids is 1. The number of aromatic nitrogens is 1. The van der Waals surface area contributed by atoms with E-state index in [1.807, 2.05) is 38.1 Å². The summed E-state index contributed by atoms with van der Waals surface area (Å²) in [6, 6.07) is 22.5. The molecule has 0 unspecified atom stereocenters. The normalized spacial score (nSPS) is 11.6. The average Bonchev–Trinajstić information content (AvgIpc) is 3.26. The van der Waals surface area contributed by atoms with Crippen LogP contribution in [0.25, 0.3) is 10.9 Å². The summed E-state index contributed by atoms with van der Waals surface area (Å²) in [5, 5.41) is 3.83. The summed E-state index contributed by atoms with van der Waals surface area (Å²) in [5.41, 5.74) is 2.18. The molecule has 1 aromatic heterocycles. The van der Waals surface area contributed by atoms with Gasteiger partial charge in [0.2, 0.25) is 9.84 Å². The second-order valence-corrected chi connectivity index (χ2v) is 10.2. The Morgan fingerprint density at radius 1 is 0.939 bits per heavy atom.